The third-order valence-corrected chi connectivity index (χ3v) is 2.03. The number of nitrogens with two attached hydrogens (primary N) is 4. The zero-order chi connectivity index (χ0) is 13.0. The summed E-state index contributed by atoms with van der Waals surface area (Å²) in [6.45, 7) is 0. The number of carbonyl (C=O) groups excluding carboxylic acids is 1. The van der Waals surface area contributed by atoms with E-state index < -0.39 is 5.91 Å². The Balaban J connectivity index is 3.13. The topological polar surface area (TPSA) is 146 Å². The number of benzene rings is 1. The van der Waals surface area contributed by atoms with Gasteiger partial charge in [0.15, 0.2) is 5.96 Å². The molecule has 0 aliphatic heterocycles. The summed E-state index contributed by atoms with van der Waals surface area (Å²) < 4.78 is 0. The molecule has 1 rings (SSSR count). The molecule has 0 heterocycles. The summed E-state index contributed by atoms with van der Waals surface area (Å²) in [6, 6.07) is 4.41. The van der Waals surface area contributed by atoms with Crippen LogP contribution >= 0.6 is 11.6 Å². The standard InChI is InChI=1S/C9H11ClN6O/c10-6-2-1-4(3-5(6)7(11)17)15-9(14)16-8(12)13/h1-3H,(H2,11,17)(H6,12,13,14,15,16). The van der Waals surface area contributed by atoms with Crippen molar-refractivity contribution in [2.75, 3.05) is 0 Å². The molecule has 0 aliphatic carbocycles. The van der Waals surface area contributed by atoms with Crippen molar-refractivity contribution in [3.05, 3.63) is 28.8 Å². The quantitative estimate of drug-likeness (QED) is 0.422. The van der Waals surface area contributed by atoms with Crippen LogP contribution in [0.1, 0.15) is 10.4 Å². The van der Waals surface area contributed by atoms with E-state index in [0.29, 0.717) is 5.69 Å². The number of hydrogen-bond acceptors (Lipinski definition) is 2. The van der Waals surface area contributed by atoms with Crippen LogP contribution in [0.15, 0.2) is 28.2 Å². The zero-order valence-corrected chi connectivity index (χ0v) is 9.48. The van der Waals surface area contributed by atoms with Crippen molar-refractivity contribution in [3.8, 4) is 0 Å². The van der Waals surface area contributed by atoms with E-state index in [4.69, 9.17) is 34.5 Å². The van der Waals surface area contributed by atoms with Crippen molar-refractivity contribution in [2.24, 2.45) is 32.9 Å². The van der Waals surface area contributed by atoms with Gasteiger partial charge in [-0.25, -0.2) is 4.99 Å². The lowest BCUT2D eigenvalue weighted by molar-refractivity contribution is 0.100. The first-order valence-corrected chi connectivity index (χ1v) is 4.81. The van der Waals surface area contributed by atoms with Crippen molar-refractivity contribution in [3.63, 3.8) is 0 Å². The fourth-order valence-electron chi connectivity index (χ4n) is 1.06. The number of nitrogens with zero attached hydrogens (tertiary/aromatic N) is 2. The maximum absolute atomic E-state index is 11.0. The number of halogens is 1. The summed E-state index contributed by atoms with van der Waals surface area (Å²) in [7, 11) is 0. The second kappa shape index (κ2) is 5.17. The highest BCUT2D eigenvalue weighted by atomic mass is 35.5. The van der Waals surface area contributed by atoms with E-state index in [2.05, 4.69) is 9.98 Å². The van der Waals surface area contributed by atoms with Crippen LogP contribution in [0.5, 0.6) is 0 Å². The van der Waals surface area contributed by atoms with Crippen molar-refractivity contribution < 1.29 is 4.79 Å². The van der Waals surface area contributed by atoms with Crippen molar-refractivity contribution in [1.82, 2.24) is 0 Å². The maximum atomic E-state index is 11.0. The molecule has 0 spiro atoms. The number of aliphatic imine (C=N–C) groups is 2. The Morgan fingerprint density at radius 2 is 1.82 bits per heavy atom. The van der Waals surface area contributed by atoms with Gasteiger partial charge in [-0.15, -0.1) is 0 Å². The molecule has 1 aromatic rings. The van der Waals surface area contributed by atoms with Gasteiger partial charge >= 0.3 is 0 Å². The van der Waals surface area contributed by atoms with Crippen LogP contribution in [0.3, 0.4) is 0 Å². The highest BCUT2D eigenvalue weighted by Crippen LogP contribution is 2.22. The smallest absolute Gasteiger partial charge is 0.250 e. The van der Waals surface area contributed by atoms with E-state index in [9.17, 15) is 4.79 Å². The minimum Gasteiger partial charge on any atom is -0.370 e. The van der Waals surface area contributed by atoms with Gasteiger partial charge in [-0.1, -0.05) is 11.6 Å². The van der Waals surface area contributed by atoms with Crippen LogP contribution in [-0.2, 0) is 0 Å². The summed E-state index contributed by atoms with van der Waals surface area (Å²) in [5, 5.41) is 0.233. The second-order valence-electron chi connectivity index (χ2n) is 3.04. The normalized spacial score (nSPS) is 11.0. The molecule has 17 heavy (non-hydrogen) atoms. The van der Waals surface area contributed by atoms with Crippen LogP contribution < -0.4 is 22.9 Å². The number of primary amides is 1. The van der Waals surface area contributed by atoms with Gasteiger partial charge in [-0.05, 0) is 18.2 Å². The monoisotopic (exact) mass is 254 g/mol. The first-order valence-electron chi connectivity index (χ1n) is 4.43. The molecular formula is C9H11ClN6O. The highest BCUT2D eigenvalue weighted by Gasteiger charge is 2.07. The minimum atomic E-state index is -0.660. The molecule has 0 fully saturated rings. The molecule has 7 nitrogen and oxygen atoms in total. The molecule has 90 valence electrons. The van der Waals surface area contributed by atoms with E-state index >= 15 is 0 Å². The van der Waals surface area contributed by atoms with Gasteiger partial charge in [0.1, 0.15) is 0 Å². The van der Waals surface area contributed by atoms with Gasteiger partial charge in [0.25, 0.3) is 0 Å². The van der Waals surface area contributed by atoms with Crippen LogP contribution in [-0.4, -0.2) is 17.8 Å². The Morgan fingerprint density at radius 1 is 1.18 bits per heavy atom. The molecule has 8 N–H and O–H groups in total. The molecule has 0 bridgehead atoms. The van der Waals surface area contributed by atoms with Gasteiger partial charge in [0, 0.05) is 0 Å². The van der Waals surface area contributed by atoms with E-state index in [1.54, 1.807) is 6.07 Å². The van der Waals surface area contributed by atoms with Crippen LogP contribution in [0, 0.1) is 0 Å². The van der Waals surface area contributed by atoms with Gasteiger partial charge in [0.2, 0.25) is 11.9 Å². The minimum absolute atomic E-state index is 0.136. The molecule has 1 amide bonds. The highest BCUT2D eigenvalue weighted by molar-refractivity contribution is 6.33. The third-order valence-electron chi connectivity index (χ3n) is 1.70. The summed E-state index contributed by atoms with van der Waals surface area (Å²) in [5.41, 5.74) is 21.3. The molecule has 0 aliphatic rings. The van der Waals surface area contributed by atoms with E-state index in [0.717, 1.165) is 0 Å². The van der Waals surface area contributed by atoms with E-state index in [1.165, 1.54) is 12.1 Å². The first-order chi connectivity index (χ1) is 7.90. The summed E-state index contributed by atoms with van der Waals surface area (Å²) in [5.74, 6) is -1.01. The largest absolute Gasteiger partial charge is 0.370 e. The van der Waals surface area contributed by atoms with Crippen molar-refractivity contribution >= 4 is 35.1 Å². The van der Waals surface area contributed by atoms with Gasteiger partial charge < -0.3 is 22.9 Å². The molecule has 0 aromatic heterocycles. The number of carbonyl (C=O) groups is 1. The number of amides is 1. The Kier molecular flexibility index (Phi) is 3.89. The van der Waals surface area contributed by atoms with Crippen molar-refractivity contribution in [2.45, 2.75) is 0 Å². The average Bonchev–Trinajstić information content (AvgIpc) is 2.19. The summed E-state index contributed by atoms with van der Waals surface area (Å²) in [6.07, 6.45) is 0. The Hall–Kier alpha value is -2.28. The zero-order valence-electron chi connectivity index (χ0n) is 8.72. The molecule has 0 atom stereocenters. The lowest BCUT2D eigenvalue weighted by Crippen LogP contribution is -2.26. The first kappa shape index (κ1) is 12.8. The number of hydrogen-bond donors (Lipinski definition) is 4. The molecule has 1 aromatic carbocycles. The second-order valence-corrected chi connectivity index (χ2v) is 3.44. The molecule has 0 unspecified atom stereocenters. The molecule has 0 saturated heterocycles. The number of rotatable bonds is 2. The Labute approximate surface area is 102 Å². The van der Waals surface area contributed by atoms with Crippen LogP contribution in [0.2, 0.25) is 5.02 Å². The predicted octanol–water partition coefficient (Wildman–Crippen LogP) is -0.342. The Bertz CT molecular complexity index is 506. The SMILES string of the molecule is NC(=O)c1cc(N=C(N)N=C(N)N)ccc1Cl. The maximum Gasteiger partial charge on any atom is 0.250 e. The fourth-order valence-corrected chi connectivity index (χ4v) is 1.27. The molecule has 0 radical (unpaired) electrons. The van der Waals surface area contributed by atoms with E-state index in [1.807, 2.05) is 0 Å². The fraction of sp³-hybridized carbons (Fsp3) is 0. The molecule has 0 saturated carbocycles. The summed E-state index contributed by atoms with van der Waals surface area (Å²) >= 11 is 5.76. The lowest BCUT2D eigenvalue weighted by Gasteiger charge is -2.01. The number of guanidine groups is 2. The third kappa shape index (κ3) is 3.65. The van der Waals surface area contributed by atoms with Gasteiger partial charge in [0.05, 0.1) is 16.3 Å². The van der Waals surface area contributed by atoms with Crippen LogP contribution in [0.4, 0.5) is 5.69 Å². The molecule has 8 heteroatoms. The average molecular weight is 255 g/mol. The van der Waals surface area contributed by atoms with Gasteiger partial charge in [-0.3, -0.25) is 4.79 Å². The van der Waals surface area contributed by atoms with Crippen molar-refractivity contribution in [1.29, 1.82) is 0 Å². The summed E-state index contributed by atoms with van der Waals surface area (Å²) in [4.78, 5) is 18.4. The van der Waals surface area contributed by atoms with Gasteiger partial charge in [-0.2, -0.15) is 4.99 Å². The Morgan fingerprint density at radius 3 is 2.35 bits per heavy atom. The molecular weight excluding hydrogens is 244 g/mol. The van der Waals surface area contributed by atoms with Crippen LogP contribution in [0.25, 0.3) is 0 Å². The van der Waals surface area contributed by atoms with E-state index in [-0.39, 0.29) is 22.5 Å². The predicted molar refractivity (Wildman–Crippen MR) is 67.1 cm³/mol. The lowest BCUT2D eigenvalue weighted by atomic mass is 10.2.